The molecule has 25 heavy (non-hydrogen) atoms. The fourth-order valence-corrected chi connectivity index (χ4v) is 3.31. The van der Waals surface area contributed by atoms with Gasteiger partial charge in [0, 0.05) is 41.1 Å². The molecule has 1 aromatic carbocycles. The van der Waals surface area contributed by atoms with Gasteiger partial charge in [0.05, 0.1) is 6.54 Å². The van der Waals surface area contributed by atoms with Crippen LogP contribution in [0, 0.1) is 6.92 Å². The van der Waals surface area contributed by atoms with Crippen molar-refractivity contribution in [2.75, 3.05) is 13.2 Å². The van der Waals surface area contributed by atoms with Crippen LogP contribution in [0.1, 0.15) is 17.0 Å². The molecule has 0 unspecified atom stereocenters. The van der Waals surface area contributed by atoms with Crippen LogP contribution in [0.25, 0.3) is 10.9 Å². The van der Waals surface area contributed by atoms with Gasteiger partial charge in [-0.1, -0.05) is 18.2 Å². The number of carbonyl (C=O) groups is 1. The molecular formula is C19H19N3O3. The Morgan fingerprint density at radius 3 is 3.00 bits per heavy atom. The van der Waals surface area contributed by atoms with E-state index in [0.29, 0.717) is 13.1 Å². The van der Waals surface area contributed by atoms with Gasteiger partial charge < -0.3 is 19.6 Å². The standard InChI is InChI=1S/C19H19N3O3/c1-12-8-17(23)18(9-20-12)25-11-19(24)22-7-6-14-13-4-2-3-5-15(13)21-16(14)10-22/h2-5,8-9,21H,6-7,10-11H2,1H3,(H,20,23). The number of ether oxygens (including phenoxy) is 1. The Labute approximate surface area is 144 Å². The average Bonchev–Trinajstić information content (AvgIpc) is 2.98. The number of para-hydroxylation sites is 1. The van der Waals surface area contributed by atoms with Crippen LogP contribution in [0.4, 0.5) is 0 Å². The summed E-state index contributed by atoms with van der Waals surface area (Å²) in [5.74, 6) is 0.0477. The number of fused-ring (bicyclic) bond motifs is 3. The zero-order chi connectivity index (χ0) is 17.4. The first-order chi connectivity index (χ1) is 12.1. The molecule has 0 spiro atoms. The number of aromatic amines is 2. The molecule has 6 nitrogen and oxygen atoms in total. The Hall–Kier alpha value is -3.02. The highest BCUT2D eigenvalue weighted by Crippen LogP contribution is 2.27. The Kier molecular flexibility index (Phi) is 3.80. The first kappa shape index (κ1) is 15.5. The minimum absolute atomic E-state index is 0.121. The number of nitrogens with one attached hydrogen (secondary N) is 2. The lowest BCUT2D eigenvalue weighted by Gasteiger charge is -2.27. The van der Waals surface area contributed by atoms with E-state index in [-0.39, 0.29) is 23.7 Å². The monoisotopic (exact) mass is 337 g/mol. The molecule has 1 amide bonds. The van der Waals surface area contributed by atoms with Gasteiger partial charge in [0.25, 0.3) is 5.91 Å². The van der Waals surface area contributed by atoms with E-state index in [1.54, 1.807) is 11.8 Å². The molecule has 0 aliphatic carbocycles. The smallest absolute Gasteiger partial charge is 0.260 e. The van der Waals surface area contributed by atoms with E-state index in [2.05, 4.69) is 16.0 Å². The van der Waals surface area contributed by atoms with Crippen LogP contribution >= 0.6 is 0 Å². The van der Waals surface area contributed by atoms with Crippen molar-refractivity contribution < 1.29 is 9.53 Å². The van der Waals surface area contributed by atoms with Crippen LogP contribution in [-0.4, -0.2) is 33.9 Å². The minimum atomic E-state index is -0.222. The molecule has 0 bridgehead atoms. The SMILES string of the molecule is Cc1cc(=O)c(OCC(=O)N2CCc3c([nH]c4ccccc34)C2)c[nH]1. The predicted molar refractivity (Wildman–Crippen MR) is 94.7 cm³/mol. The first-order valence-electron chi connectivity index (χ1n) is 8.30. The Morgan fingerprint density at radius 1 is 1.32 bits per heavy atom. The molecule has 0 atom stereocenters. The van der Waals surface area contributed by atoms with Gasteiger partial charge >= 0.3 is 0 Å². The molecule has 128 valence electrons. The molecule has 0 fully saturated rings. The Balaban J connectivity index is 1.46. The molecule has 3 aromatic rings. The van der Waals surface area contributed by atoms with E-state index in [1.165, 1.54) is 23.2 Å². The molecule has 3 heterocycles. The van der Waals surface area contributed by atoms with Crippen molar-refractivity contribution >= 4 is 16.8 Å². The first-order valence-corrected chi connectivity index (χ1v) is 8.30. The molecule has 0 saturated carbocycles. The van der Waals surface area contributed by atoms with Gasteiger partial charge in [-0.2, -0.15) is 0 Å². The molecule has 0 radical (unpaired) electrons. The highest BCUT2D eigenvalue weighted by Gasteiger charge is 2.24. The minimum Gasteiger partial charge on any atom is -0.478 e. The maximum Gasteiger partial charge on any atom is 0.260 e. The highest BCUT2D eigenvalue weighted by molar-refractivity contribution is 5.85. The van der Waals surface area contributed by atoms with E-state index in [1.807, 2.05) is 18.2 Å². The summed E-state index contributed by atoms with van der Waals surface area (Å²) < 4.78 is 5.41. The van der Waals surface area contributed by atoms with Gasteiger partial charge in [-0.15, -0.1) is 0 Å². The molecule has 4 rings (SSSR count). The number of aryl methyl sites for hydroxylation is 1. The van der Waals surface area contributed by atoms with Crippen LogP contribution in [0.2, 0.25) is 0 Å². The van der Waals surface area contributed by atoms with Crippen LogP contribution in [0.15, 0.2) is 41.3 Å². The number of amides is 1. The van der Waals surface area contributed by atoms with Gasteiger partial charge in [0.15, 0.2) is 12.4 Å². The third-order valence-electron chi connectivity index (χ3n) is 4.61. The summed E-state index contributed by atoms with van der Waals surface area (Å²) in [4.78, 5) is 32.3. The summed E-state index contributed by atoms with van der Waals surface area (Å²) in [5, 5.41) is 1.23. The summed E-state index contributed by atoms with van der Waals surface area (Å²) in [6.45, 7) is 2.85. The lowest BCUT2D eigenvalue weighted by Crippen LogP contribution is -2.39. The van der Waals surface area contributed by atoms with Crippen molar-refractivity contribution in [1.29, 1.82) is 0 Å². The lowest BCUT2D eigenvalue weighted by molar-refractivity contribution is -0.134. The number of hydrogen-bond donors (Lipinski definition) is 2. The zero-order valence-electron chi connectivity index (χ0n) is 14.0. The molecule has 0 saturated heterocycles. The predicted octanol–water partition coefficient (Wildman–Crippen LogP) is 2.13. The molecule has 1 aliphatic rings. The fourth-order valence-electron chi connectivity index (χ4n) is 3.31. The van der Waals surface area contributed by atoms with E-state index in [0.717, 1.165) is 23.3 Å². The van der Waals surface area contributed by atoms with Gasteiger partial charge in [-0.25, -0.2) is 0 Å². The van der Waals surface area contributed by atoms with Crippen LogP contribution in [0.5, 0.6) is 5.75 Å². The molecule has 2 aromatic heterocycles. The topological polar surface area (TPSA) is 78.2 Å². The zero-order valence-corrected chi connectivity index (χ0v) is 14.0. The van der Waals surface area contributed by atoms with Gasteiger partial charge in [0.1, 0.15) is 0 Å². The van der Waals surface area contributed by atoms with Crippen molar-refractivity contribution in [1.82, 2.24) is 14.9 Å². The van der Waals surface area contributed by atoms with Crippen LogP contribution in [-0.2, 0) is 17.8 Å². The third kappa shape index (κ3) is 2.91. The number of rotatable bonds is 3. The third-order valence-corrected chi connectivity index (χ3v) is 4.61. The maximum atomic E-state index is 12.4. The van der Waals surface area contributed by atoms with Crippen molar-refractivity contribution in [2.24, 2.45) is 0 Å². The lowest BCUT2D eigenvalue weighted by atomic mass is 10.0. The van der Waals surface area contributed by atoms with Crippen LogP contribution < -0.4 is 10.2 Å². The number of carbonyl (C=O) groups excluding carboxylic acids is 1. The highest BCUT2D eigenvalue weighted by atomic mass is 16.5. The number of pyridine rings is 1. The number of benzene rings is 1. The van der Waals surface area contributed by atoms with E-state index < -0.39 is 0 Å². The summed E-state index contributed by atoms with van der Waals surface area (Å²) >= 11 is 0. The van der Waals surface area contributed by atoms with Gasteiger partial charge in [0.2, 0.25) is 5.43 Å². The summed E-state index contributed by atoms with van der Waals surface area (Å²) in [7, 11) is 0. The Morgan fingerprint density at radius 2 is 2.16 bits per heavy atom. The van der Waals surface area contributed by atoms with E-state index >= 15 is 0 Å². The molecule has 6 heteroatoms. The quantitative estimate of drug-likeness (QED) is 0.768. The second-order valence-electron chi connectivity index (χ2n) is 6.33. The second-order valence-corrected chi connectivity index (χ2v) is 6.33. The normalized spacial score (nSPS) is 13.7. The molecule has 2 N–H and O–H groups in total. The van der Waals surface area contributed by atoms with Gasteiger partial charge in [-0.05, 0) is 25.0 Å². The van der Waals surface area contributed by atoms with Crippen molar-refractivity contribution in [3.63, 3.8) is 0 Å². The molecule has 1 aliphatic heterocycles. The number of H-pyrrole nitrogens is 2. The number of nitrogens with zero attached hydrogens (tertiary/aromatic N) is 1. The van der Waals surface area contributed by atoms with Crippen molar-refractivity contribution in [3.05, 3.63) is 63.7 Å². The summed E-state index contributed by atoms with van der Waals surface area (Å²) in [6, 6.07) is 9.64. The molecular weight excluding hydrogens is 318 g/mol. The fraction of sp³-hybridized carbons (Fsp3) is 0.263. The second kappa shape index (κ2) is 6.12. The largest absolute Gasteiger partial charge is 0.478 e. The Bertz CT molecular complexity index is 1000. The maximum absolute atomic E-state index is 12.4. The van der Waals surface area contributed by atoms with E-state index in [4.69, 9.17) is 4.74 Å². The van der Waals surface area contributed by atoms with E-state index in [9.17, 15) is 9.59 Å². The van der Waals surface area contributed by atoms with Gasteiger partial charge in [-0.3, -0.25) is 9.59 Å². The number of aromatic nitrogens is 2. The number of hydrogen-bond acceptors (Lipinski definition) is 3. The summed E-state index contributed by atoms with van der Waals surface area (Å²) in [6.07, 6.45) is 2.31. The summed E-state index contributed by atoms with van der Waals surface area (Å²) in [5.41, 5.74) is 4.00. The average molecular weight is 337 g/mol. The van der Waals surface area contributed by atoms with Crippen molar-refractivity contribution in [2.45, 2.75) is 19.9 Å². The van der Waals surface area contributed by atoms with Crippen molar-refractivity contribution in [3.8, 4) is 5.75 Å². The van der Waals surface area contributed by atoms with Crippen LogP contribution in [0.3, 0.4) is 0 Å².